The smallest absolute Gasteiger partial charge is 1.00 e. The molecule has 0 bridgehead atoms. The fourth-order valence-electron chi connectivity index (χ4n) is 0. The van der Waals surface area contributed by atoms with Gasteiger partial charge < -0.3 is 43.0 Å². The maximum absolute atomic E-state index is 5.53. The predicted molar refractivity (Wildman–Crippen MR) is 41.6 cm³/mol. The molecule has 0 aromatic carbocycles. The van der Waals surface area contributed by atoms with E-state index in [0.29, 0.717) is 0 Å². The summed E-state index contributed by atoms with van der Waals surface area (Å²) in [7, 11) is 0. The van der Waals surface area contributed by atoms with Gasteiger partial charge in [-0.05, 0) is 20.3 Å². The van der Waals surface area contributed by atoms with E-state index in [4.69, 9.17) is 5.73 Å². The molecule has 0 unspecified atom stereocenters. The topological polar surface area (TPSA) is 26.0 Å². The Kier molecular flexibility index (Phi) is 62.3. The van der Waals surface area contributed by atoms with Crippen molar-refractivity contribution in [1.82, 2.24) is 0 Å². The van der Waals surface area contributed by atoms with Gasteiger partial charge in [-0.15, -0.1) is 12.4 Å². The van der Waals surface area contributed by atoms with Gasteiger partial charge in [0, 0.05) is 5.54 Å². The summed E-state index contributed by atoms with van der Waals surface area (Å²) < 4.78 is 0. The first-order chi connectivity index (χ1) is 2.56. The van der Waals surface area contributed by atoms with Crippen molar-refractivity contribution in [1.29, 1.82) is 0 Å². The molecule has 6 heteroatoms. The number of rotatable bonds is 1. The van der Waals surface area contributed by atoms with Crippen LogP contribution in [-0.4, -0.2) is 22.9 Å². The van der Waals surface area contributed by atoms with Crippen LogP contribution in [0.2, 0.25) is 0 Å². The molecule has 0 aliphatic rings. The summed E-state index contributed by atoms with van der Waals surface area (Å²) in [5.41, 5.74) is 5.58. The quantitative estimate of drug-likeness (QED) is 0.464. The molecule has 70 valence electrons. The van der Waals surface area contributed by atoms with Crippen LogP contribution in [0.5, 0.6) is 0 Å². The molecule has 0 amide bonds. The van der Waals surface area contributed by atoms with Crippen molar-refractivity contribution in [2.24, 2.45) is 5.73 Å². The van der Waals surface area contributed by atoms with Gasteiger partial charge in [0.1, 0.15) is 0 Å². The maximum atomic E-state index is 5.53. The molecule has 0 atom stereocenters. The Hall–Kier alpha value is 1.65. The summed E-state index contributed by atoms with van der Waals surface area (Å²) in [6, 6.07) is 0. The zero-order valence-corrected chi connectivity index (χ0v) is 11.1. The van der Waals surface area contributed by atoms with Gasteiger partial charge >= 0.3 is 17.4 Å². The standard InChI is InChI=1S/C5H13N.Al.4ClH/c1-4-5(2,3)6;;;;;/h4,6H2,1-3H3;;4*1H/q;+3;;;;/p-3. The first-order valence-electron chi connectivity index (χ1n) is 2.35. The Morgan fingerprint density at radius 2 is 1.18 bits per heavy atom. The van der Waals surface area contributed by atoms with Gasteiger partial charge in [0.2, 0.25) is 0 Å². The van der Waals surface area contributed by atoms with Gasteiger partial charge in [-0.25, -0.2) is 0 Å². The van der Waals surface area contributed by atoms with Crippen molar-refractivity contribution in [2.75, 3.05) is 0 Å². The third-order valence-electron chi connectivity index (χ3n) is 0.911. The predicted octanol–water partition coefficient (Wildman–Crippen LogP) is -7.81. The molecule has 0 spiro atoms. The van der Waals surface area contributed by atoms with Crippen molar-refractivity contribution in [2.45, 2.75) is 32.7 Å². The largest absolute Gasteiger partial charge is 3.00 e. The van der Waals surface area contributed by atoms with Gasteiger partial charge in [0.15, 0.2) is 0 Å². The molecule has 0 heterocycles. The van der Waals surface area contributed by atoms with Crippen LogP contribution in [0.4, 0.5) is 0 Å². The SMILES string of the molecule is CCC(C)(C)N.Cl.[Al+3].[Cl-].[Cl-].[Cl-]. The van der Waals surface area contributed by atoms with Crippen LogP contribution in [0.3, 0.4) is 0 Å². The fourth-order valence-corrected chi connectivity index (χ4v) is 0. The summed E-state index contributed by atoms with van der Waals surface area (Å²) >= 11 is 0. The summed E-state index contributed by atoms with van der Waals surface area (Å²) in [5.74, 6) is 0. The third kappa shape index (κ3) is 50.2. The molecule has 0 rings (SSSR count). The van der Waals surface area contributed by atoms with Crippen LogP contribution in [0.1, 0.15) is 27.2 Å². The zero-order valence-electron chi connectivity index (χ0n) is 6.90. The molecule has 2 N–H and O–H groups in total. The molecule has 0 saturated carbocycles. The van der Waals surface area contributed by atoms with Gasteiger partial charge in [-0.1, -0.05) is 6.92 Å². The third-order valence-corrected chi connectivity index (χ3v) is 0.911. The summed E-state index contributed by atoms with van der Waals surface area (Å²) in [6.07, 6.45) is 1.05. The minimum atomic E-state index is 0. The Morgan fingerprint density at radius 3 is 1.18 bits per heavy atom. The molecule has 0 aromatic rings. The minimum absolute atomic E-state index is 0. The molecule has 1 nitrogen and oxygen atoms in total. The van der Waals surface area contributed by atoms with Gasteiger partial charge in [-0.3, -0.25) is 0 Å². The van der Waals surface area contributed by atoms with E-state index in [1.165, 1.54) is 0 Å². The number of hydrogen-bond donors (Lipinski definition) is 1. The Bertz CT molecular complexity index is 48.2. The van der Waals surface area contributed by atoms with E-state index in [-0.39, 0.29) is 72.5 Å². The molecule has 0 aliphatic heterocycles. The first kappa shape index (κ1) is 38.8. The second kappa shape index (κ2) is 17.7. The molecule has 0 aromatic heterocycles. The number of hydrogen-bond acceptors (Lipinski definition) is 1. The van der Waals surface area contributed by atoms with Crippen molar-refractivity contribution in [3.8, 4) is 0 Å². The zero-order chi connectivity index (χ0) is 5.21. The Labute approximate surface area is 105 Å². The molecule has 0 saturated heterocycles. The van der Waals surface area contributed by atoms with Gasteiger partial charge in [0.25, 0.3) is 0 Å². The maximum Gasteiger partial charge on any atom is 3.00 e. The second-order valence-corrected chi connectivity index (χ2v) is 2.34. The van der Waals surface area contributed by atoms with Gasteiger partial charge in [0.05, 0.1) is 0 Å². The van der Waals surface area contributed by atoms with Crippen molar-refractivity contribution in [3.63, 3.8) is 0 Å². The van der Waals surface area contributed by atoms with E-state index in [0.717, 1.165) is 6.42 Å². The molecule has 11 heavy (non-hydrogen) atoms. The van der Waals surface area contributed by atoms with Crippen LogP contribution in [-0.2, 0) is 0 Å². The average Bonchev–Trinajstić information content (AvgIpc) is 1.35. The summed E-state index contributed by atoms with van der Waals surface area (Å²) in [4.78, 5) is 0. The van der Waals surface area contributed by atoms with Crippen LogP contribution >= 0.6 is 12.4 Å². The van der Waals surface area contributed by atoms with E-state index >= 15 is 0 Å². The van der Waals surface area contributed by atoms with E-state index in [1.807, 2.05) is 13.8 Å². The van der Waals surface area contributed by atoms with Gasteiger partial charge in [-0.2, -0.15) is 0 Å². The van der Waals surface area contributed by atoms with E-state index in [1.54, 1.807) is 0 Å². The Balaban J connectivity index is -0.0000000125. The normalized spacial score (nSPS) is 6.55. The summed E-state index contributed by atoms with van der Waals surface area (Å²) in [6.45, 7) is 6.12. The van der Waals surface area contributed by atoms with Crippen molar-refractivity contribution < 1.29 is 37.2 Å². The van der Waals surface area contributed by atoms with E-state index in [2.05, 4.69) is 6.92 Å². The summed E-state index contributed by atoms with van der Waals surface area (Å²) in [5, 5.41) is 0. The molecule has 0 fully saturated rings. The fraction of sp³-hybridized carbons (Fsp3) is 1.00. The molecular formula is C5H14AlCl4N. The average molecular weight is 257 g/mol. The minimum Gasteiger partial charge on any atom is -1.00 e. The van der Waals surface area contributed by atoms with Crippen LogP contribution in [0.25, 0.3) is 0 Å². The van der Waals surface area contributed by atoms with Crippen LogP contribution < -0.4 is 43.0 Å². The van der Waals surface area contributed by atoms with E-state index in [9.17, 15) is 0 Å². The first-order valence-corrected chi connectivity index (χ1v) is 2.35. The van der Waals surface area contributed by atoms with Crippen LogP contribution in [0.15, 0.2) is 0 Å². The molecular weight excluding hydrogens is 243 g/mol. The van der Waals surface area contributed by atoms with Crippen molar-refractivity contribution >= 4 is 29.8 Å². The van der Waals surface area contributed by atoms with Crippen molar-refractivity contribution in [3.05, 3.63) is 0 Å². The van der Waals surface area contributed by atoms with E-state index < -0.39 is 0 Å². The van der Waals surface area contributed by atoms with Crippen LogP contribution in [0, 0.1) is 0 Å². The molecule has 0 radical (unpaired) electrons. The second-order valence-electron chi connectivity index (χ2n) is 2.34. The Morgan fingerprint density at radius 1 is 1.09 bits per heavy atom. The number of halogens is 4. The number of nitrogens with two attached hydrogens (primary N) is 1. The monoisotopic (exact) mass is 255 g/mol. The molecule has 0 aliphatic carbocycles.